The molecule has 0 saturated carbocycles. The second kappa shape index (κ2) is 5.67. The molecule has 0 spiro atoms. The average molecular weight is 310 g/mol. The number of nitro groups is 1. The first-order valence-electron chi connectivity index (χ1n) is 6.28. The highest BCUT2D eigenvalue weighted by molar-refractivity contribution is 7.89. The molecular formula is C12H14N4O4S. The van der Waals surface area contributed by atoms with Crippen LogP contribution in [0.4, 0.5) is 11.4 Å². The SMILES string of the molecule is N#Cc1ccc(N2CCCC(S(N)(=O)=O)C2)c([N+](=O)[O-])c1. The van der Waals surface area contributed by atoms with E-state index < -0.39 is 20.2 Å². The maximum atomic E-state index is 11.5. The normalized spacial score (nSPS) is 19.0. The number of nitro benzene ring substituents is 1. The lowest BCUT2D eigenvalue weighted by Crippen LogP contribution is -2.44. The second-order valence-electron chi connectivity index (χ2n) is 4.87. The van der Waals surface area contributed by atoms with Crippen molar-refractivity contribution >= 4 is 21.4 Å². The molecule has 112 valence electrons. The van der Waals surface area contributed by atoms with Crippen LogP contribution in [0.5, 0.6) is 0 Å². The molecule has 2 rings (SSSR count). The zero-order valence-electron chi connectivity index (χ0n) is 11.1. The van der Waals surface area contributed by atoms with Crippen LogP contribution < -0.4 is 10.0 Å². The van der Waals surface area contributed by atoms with Crippen LogP contribution in [0.2, 0.25) is 0 Å². The van der Waals surface area contributed by atoms with Crippen molar-refractivity contribution in [1.29, 1.82) is 5.26 Å². The smallest absolute Gasteiger partial charge is 0.293 e. The van der Waals surface area contributed by atoms with Gasteiger partial charge in [-0.25, -0.2) is 13.6 Å². The summed E-state index contributed by atoms with van der Waals surface area (Å²) in [5, 5.41) is 24.4. The molecule has 0 amide bonds. The molecule has 1 unspecified atom stereocenters. The van der Waals surface area contributed by atoms with E-state index in [9.17, 15) is 18.5 Å². The van der Waals surface area contributed by atoms with E-state index in [4.69, 9.17) is 10.4 Å². The molecule has 1 heterocycles. The maximum absolute atomic E-state index is 11.5. The molecule has 21 heavy (non-hydrogen) atoms. The summed E-state index contributed by atoms with van der Waals surface area (Å²) < 4.78 is 22.9. The van der Waals surface area contributed by atoms with Crippen LogP contribution in [-0.2, 0) is 10.0 Å². The third kappa shape index (κ3) is 3.29. The summed E-state index contributed by atoms with van der Waals surface area (Å²) >= 11 is 0. The number of sulfonamides is 1. The van der Waals surface area contributed by atoms with Crippen molar-refractivity contribution in [3.8, 4) is 6.07 Å². The third-order valence-electron chi connectivity index (χ3n) is 3.48. The molecule has 1 aliphatic heterocycles. The molecule has 1 atom stereocenters. The van der Waals surface area contributed by atoms with Crippen LogP contribution in [-0.4, -0.2) is 31.7 Å². The third-order valence-corrected chi connectivity index (χ3v) is 4.80. The van der Waals surface area contributed by atoms with Crippen molar-refractivity contribution in [3.05, 3.63) is 33.9 Å². The Labute approximate surface area is 122 Å². The molecule has 1 fully saturated rings. The molecule has 0 bridgehead atoms. The minimum Gasteiger partial charge on any atom is -0.365 e. The van der Waals surface area contributed by atoms with Gasteiger partial charge in [-0.2, -0.15) is 5.26 Å². The lowest BCUT2D eigenvalue weighted by atomic mass is 10.1. The molecule has 1 aromatic rings. The van der Waals surface area contributed by atoms with E-state index >= 15 is 0 Å². The quantitative estimate of drug-likeness (QED) is 0.646. The van der Waals surface area contributed by atoms with E-state index in [1.54, 1.807) is 4.90 Å². The molecule has 1 saturated heterocycles. The number of benzene rings is 1. The van der Waals surface area contributed by atoms with Gasteiger partial charge in [-0.1, -0.05) is 0 Å². The van der Waals surface area contributed by atoms with E-state index in [0.29, 0.717) is 25.1 Å². The van der Waals surface area contributed by atoms with Crippen LogP contribution in [0.3, 0.4) is 0 Å². The molecule has 0 aromatic heterocycles. The molecule has 1 aliphatic rings. The Kier molecular flexibility index (Phi) is 4.11. The van der Waals surface area contributed by atoms with E-state index in [-0.39, 0.29) is 17.8 Å². The second-order valence-corrected chi connectivity index (χ2v) is 6.72. The predicted molar refractivity (Wildman–Crippen MR) is 76.2 cm³/mol. The molecule has 1 aromatic carbocycles. The predicted octanol–water partition coefficient (Wildman–Crippen LogP) is 0.724. The first-order chi connectivity index (χ1) is 9.82. The summed E-state index contributed by atoms with van der Waals surface area (Å²) in [7, 11) is -3.68. The highest BCUT2D eigenvalue weighted by Gasteiger charge is 2.31. The fourth-order valence-electron chi connectivity index (χ4n) is 2.43. The highest BCUT2D eigenvalue weighted by Crippen LogP contribution is 2.31. The number of rotatable bonds is 3. The maximum Gasteiger partial charge on any atom is 0.293 e. The van der Waals surface area contributed by atoms with E-state index in [2.05, 4.69) is 0 Å². The molecule has 0 radical (unpaired) electrons. The minimum absolute atomic E-state index is 0.117. The van der Waals surface area contributed by atoms with Gasteiger partial charge in [-0.05, 0) is 25.0 Å². The van der Waals surface area contributed by atoms with Gasteiger partial charge in [0.2, 0.25) is 10.0 Å². The van der Waals surface area contributed by atoms with Crippen molar-refractivity contribution < 1.29 is 13.3 Å². The summed E-state index contributed by atoms with van der Waals surface area (Å²) in [6.07, 6.45) is 1.03. The zero-order valence-corrected chi connectivity index (χ0v) is 11.9. The zero-order chi connectivity index (χ0) is 15.6. The number of hydrogen-bond acceptors (Lipinski definition) is 6. The van der Waals surface area contributed by atoms with Crippen molar-refractivity contribution in [1.82, 2.24) is 0 Å². The Bertz CT molecular complexity index is 710. The highest BCUT2D eigenvalue weighted by atomic mass is 32.2. The van der Waals surface area contributed by atoms with Gasteiger partial charge in [-0.3, -0.25) is 10.1 Å². The lowest BCUT2D eigenvalue weighted by Gasteiger charge is -2.32. The number of nitrogens with zero attached hydrogens (tertiary/aromatic N) is 3. The summed E-state index contributed by atoms with van der Waals surface area (Å²) in [5.74, 6) is 0. The molecular weight excluding hydrogens is 296 g/mol. The molecule has 0 aliphatic carbocycles. The van der Waals surface area contributed by atoms with Crippen LogP contribution >= 0.6 is 0 Å². The number of primary sulfonamides is 1. The van der Waals surface area contributed by atoms with Gasteiger partial charge in [0.15, 0.2) is 0 Å². The molecule has 2 N–H and O–H groups in total. The van der Waals surface area contributed by atoms with Crippen LogP contribution in [0.1, 0.15) is 18.4 Å². The first-order valence-corrected chi connectivity index (χ1v) is 7.89. The largest absolute Gasteiger partial charge is 0.365 e. The van der Waals surface area contributed by atoms with Gasteiger partial charge in [0, 0.05) is 19.2 Å². The van der Waals surface area contributed by atoms with Gasteiger partial charge < -0.3 is 4.90 Å². The Hall–Kier alpha value is -2.18. The monoisotopic (exact) mass is 310 g/mol. The van der Waals surface area contributed by atoms with Crippen molar-refractivity contribution in [2.24, 2.45) is 5.14 Å². The minimum atomic E-state index is -3.68. The lowest BCUT2D eigenvalue weighted by molar-refractivity contribution is -0.384. The molecule has 8 nitrogen and oxygen atoms in total. The Morgan fingerprint density at radius 2 is 2.19 bits per heavy atom. The van der Waals surface area contributed by atoms with E-state index in [1.807, 2.05) is 6.07 Å². The summed E-state index contributed by atoms with van der Waals surface area (Å²) in [6.45, 7) is 0.629. The van der Waals surface area contributed by atoms with Crippen LogP contribution in [0.25, 0.3) is 0 Å². The topological polar surface area (TPSA) is 130 Å². The van der Waals surface area contributed by atoms with E-state index in [0.717, 1.165) is 0 Å². The van der Waals surface area contributed by atoms with Gasteiger partial charge in [-0.15, -0.1) is 0 Å². The Balaban J connectivity index is 2.38. The van der Waals surface area contributed by atoms with Crippen LogP contribution in [0.15, 0.2) is 18.2 Å². The van der Waals surface area contributed by atoms with Crippen molar-refractivity contribution in [3.63, 3.8) is 0 Å². The number of nitrogens with two attached hydrogens (primary N) is 1. The summed E-state index contributed by atoms with van der Waals surface area (Å²) in [4.78, 5) is 12.2. The van der Waals surface area contributed by atoms with Gasteiger partial charge >= 0.3 is 0 Å². The van der Waals surface area contributed by atoms with Crippen molar-refractivity contribution in [2.75, 3.05) is 18.0 Å². The fourth-order valence-corrected chi connectivity index (χ4v) is 3.31. The van der Waals surface area contributed by atoms with Gasteiger partial charge in [0.25, 0.3) is 5.69 Å². The Morgan fingerprint density at radius 3 is 2.76 bits per heavy atom. The van der Waals surface area contributed by atoms with Crippen LogP contribution in [0, 0.1) is 21.4 Å². The number of nitriles is 1. The Morgan fingerprint density at radius 1 is 1.48 bits per heavy atom. The fraction of sp³-hybridized carbons (Fsp3) is 0.417. The number of anilines is 1. The first kappa shape index (κ1) is 15.2. The molecule has 9 heteroatoms. The standard InChI is InChI=1S/C12H14N4O4S/c13-7-9-3-4-11(12(6-9)16(17)18)15-5-1-2-10(8-15)21(14,19)20/h3-4,6,10H,1-2,5,8H2,(H2,14,19,20). The van der Waals surface area contributed by atoms with Gasteiger partial charge in [0.05, 0.1) is 21.8 Å². The van der Waals surface area contributed by atoms with Crippen molar-refractivity contribution in [2.45, 2.75) is 18.1 Å². The average Bonchev–Trinajstić information content (AvgIpc) is 2.45. The van der Waals surface area contributed by atoms with Gasteiger partial charge in [0.1, 0.15) is 5.69 Å². The number of piperidine rings is 1. The van der Waals surface area contributed by atoms with E-state index in [1.165, 1.54) is 18.2 Å². The number of hydrogen-bond donors (Lipinski definition) is 1. The summed E-state index contributed by atoms with van der Waals surface area (Å²) in [5.41, 5.74) is 0.293. The summed E-state index contributed by atoms with van der Waals surface area (Å²) in [6, 6.07) is 5.99.